The summed E-state index contributed by atoms with van der Waals surface area (Å²) < 4.78 is 6.59. The first-order valence-electron chi connectivity index (χ1n) is 5.92. The van der Waals surface area contributed by atoms with Crippen molar-refractivity contribution in [3.05, 3.63) is 28.4 Å². The third-order valence-corrected chi connectivity index (χ3v) is 3.45. The highest BCUT2D eigenvalue weighted by Gasteiger charge is 2.17. The number of nitrogens with one attached hydrogen (secondary N) is 1. The second kappa shape index (κ2) is 4.00. The van der Waals surface area contributed by atoms with Crippen LogP contribution in [0.3, 0.4) is 0 Å². The smallest absolute Gasteiger partial charge is 0.406 e. The Morgan fingerprint density at radius 2 is 2.24 bits per heavy atom. The number of rotatable bonds is 1. The number of aromatic nitrogens is 2. The lowest BCUT2D eigenvalue weighted by Gasteiger charge is -2.22. The summed E-state index contributed by atoms with van der Waals surface area (Å²) in [5.74, 6) is 0.175. The monoisotopic (exact) mass is 233 g/mol. The van der Waals surface area contributed by atoms with Gasteiger partial charge in [0.05, 0.1) is 0 Å². The van der Waals surface area contributed by atoms with Crippen molar-refractivity contribution in [2.75, 3.05) is 13.1 Å². The van der Waals surface area contributed by atoms with E-state index in [9.17, 15) is 4.79 Å². The Kier molecular flexibility index (Phi) is 2.48. The Labute approximate surface area is 98.5 Å². The molecule has 0 unspecified atom stereocenters. The summed E-state index contributed by atoms with van der Waals surface area (Å²) in [6.07, 6.45) is 4.10. The zero-order chi connectivity index (χ0) is 11.8. The quantitative estimate of drug-likeness (QED) is 0.798. The Bertz CT molecular complexity index is 593. The largest absolute Gasteiger partial charge is 0.420 e. The van der Waals surface area contributed by atoms with Crippen LogP contribution in [0.15, 0.2) is 21.5 Å². The SMILES string of the molecule is Cn1c(=O)oc2cc(C3CCNCC3)cnc21. The van der Waals surface area contributed by atoms with Gasteiger partial charge in [0.2, 0.25) is 0 Å². The van der Waals surface area contributed by atoms with Gasteiger partial charge in [0.25, 0.3) is 0 Å². The summed E-state index contributed by atoms with van der Waals surface area (Å²) >= 11 is 0. The van der Waals surface area contributed by atoms with Crippen LogP contribution in [0.2, 0.25) is 0 Å². The van der Waals surface area contributed by atoms with E-state index >= 15 is 0 Å². The molecule has 1 N–H and O–H groups in total. The summed E-state index contributed by atoms with van der Waals surface area (Å²) in [6.45, 7) is 2.09. The molecule has 3 rings (SSSR count). The molecule has 5 nitrogen and oxygen atoms in total. The van der Waals surface area contributed by atoms with E-state index < -0.39 is 0 Å². The fourth-order valence-corrected chi connectivity index (χ4v) is 2.41. The van der Waals surface area contributed by atoms with E-state index in [0.717, 1.165) is 25.9 Å². The lowest BCUT2D eigenvalue weighted by molar-refractivity contribution is 0.459. The van der Waals surface area contributed by atoms with Gasteiger partial charge >= 0.3 is 5.76 Å². The van der Waals surface area contributed by atoms with Crippen LogP contribution in [-0.4, -0.2) is 22.6 Å². The molecule has 0 radical (unpaired) electrons. The minimum absolute atomic E-state index is 0.352. The van der Waals surface area contributed by atoms with E-state index in [1.807, 2.05) is 12.3 Å². The minimum atomic E-state index is -0.352. The molecule has 17 heavy (non-hydrogen) atoms. The maximum absolute atomic E-state index is 11.4. The molecule has 1 aliphatic heterocycles. The van der Waals surface area contributed by atoms with Crippen molar-refractivity contribution in [3.8, 4) is 0 Å². The topological polar surface area (TPSA) is 60.1 Å². The van der Waals surface area contributed by atoms with Gasteiger partial charge in [-0.15, -0.1) is 0 Å². The molecule has 2 aromatic rings. The molecule has 3 heterocycles. The van der Waals surface area contributed by atoms with Gasteiger partial charge in [0.1, 0.15) is 0 Å². The Balaban J connectivity index is 2.04. The molecule has 1 saturated heterocycles. The maximum atomic E-state index is 11.4. The fourth-order valence-electron chi connectivity index (χ4n) is 2.41. The van der Waals surface area contributed by atoms with E-state index in [4.69, 9.17) is 4.42 Å². The summed E-state index contributed by atoms with van der Waals surface area (Å²) in [5, 5.41) is 3.34. The highest BCUT2D eigenvalue weighted by atomic mass is 16.4. The van der Waals surface area contributed by atoms with Gasteiger partial charge in [-0.25, -0.2) is 9.78 Å². The Morgan fingerprint density at radius 3 is 3.00 bits per heavy atom. The number of oxazole rings is 1. The van der Waals surface area contributed by atoms with Gasteiger partial charge in [-0.05, 0) is 43.5 Å². The van der Waals surface area contributed by atoms with Crippen molar-refractivity contribution < 1.29 is 4.42 Å². The predicted molar refractivity (Wildman–Crippen MR) is 64.1 cm³/mol. The van der Waals surface area contributed by atoms with Crippen molar-refractivity contribution >= 4 is 11.2 Å². The molecule has 0 spiro atoms. The second-order valence-corrected chi connectivity index (χ2v) is 4.54. The van der Waals surface area contributed by atoms with Gasteiger partial charge in [0, 0.05) is 13.2 Å². The standard InChI is InChI=1S/C12H15N3O2/c1-15-11-10(17-12(15)16)6-9(7-14-11)8-2-4-13-5-3-8/h6-8,13H,2-5H2,1H3. The van der Waals surface area contributed by atoms with Crippen LogP contribution in [0.25, 0.3) is 11.2 Å². The van der Waals surface area contributed by atoms with Crippen molar-refractivity contribution in [2.45, 2.75) is 18.8 Å². The average molecular weight is 233 g/mol. The molecular formula is C12H15N3O2. The molecule has 0 bridgehead atoms. The van der Waals surface area contributed by atoms with Crippen molar-refractivity contribution in [1.82, 2.24) is 14.9 Å². The number of nitrogens with zero attached hydrogens (tertiary/aromatic N) is 2. The van der Waals surface area contributed by atoms with E-state index in [-0.39, 0.29) is 5.76 Å². The molecule has 5 heteroatoms. The molecule has 0 atom stereocenters. The van der Waals surface area contributed by atoms with E-state index in [1.54, 1.807) is 7.05 Å². The molecule has 0 amide bonds. The first kappa shape index (κ1) is 10.5. The molecule has 0 aliphatic carbocycles. The first-order chi connectivity index (χ1) is 8.25. The summed E-state index contributed by atoms with van der Waals surface area (Å²) in [6, 6.07) is 1.96. The van der Waals surface area contributed by atoms with Gasteiger partial charge in [-0.3, -0.25) is 4.57 Å². The first-order valence-corrected chi connectivity index (χ1v) is 5.92. The van der Waals surface area contributed by atoms with Crippen molar-refractivity contribution in [2.24, 2.45) is 7.05 Å². The van der Waals surface area contributed by atoms with Crippen LogP contribution >= 0.6 is 0 Å². The lowest BCUT2D eigenvalue weighted by Crippen LogP contribution is -2.26. The number of piperidine rings is 1. The second-order valence-electron chi connectivity index (χ2n) is 4.54. The third-order valence-electron chi connectivity index (χ3n) is 3.45. The molecule has 1 fully saturated rings. The van der Waals surface area contributed by atoms with Crippen LogP contribution in [-0.2, 0) is 7.05 Å². The van der Waals surface area contributed by atoms with Gasteiger partial charge in [-0.1, -0.05) is 0 Å². The number of fused-ring (bicyclic) bond motifs is 1. The van der Waals surface area contributed by atoms with Crippen molar-refractivity contribution in [3.63, 3.8) is 0 Å². The number of pyridine rings is 1. The van der Waals surface area contributed by atoms with Crippen LogP contribution in [0.4, 0.5) is 0 Å². The van der Waals surface area contributed by atoms with Gasteiger partial charge in [0.15, 0.2) is 11.2 Å². The van der Waals surface area contributed by atoms with E-state index in [2.05, 4.69) is 10.3 Å². The number of hydrogen-bond acceptors (Lipinski definition) is 4. The molecule has 1 aliphatic rings. The number of aryl methyl sites for hydroxylation is 1. The van der Waals surface area contributed by atoms with Crippen LogP contribution < -0.4 is 11.1 Å². The summed E-state index contributed by atoms with van der Waals surface area (Å²) in [7, 11) is 1.67. The zero-order valence-corrected chi connectivity index (χ0v) is 9.77. The van der Waals surface area contributed by atoms with Gasteiger partial charge < -0.3 is 9.73 Å². The predicted octanol–water partition coefficient (Wildman–Crippen LogP) is 0.994. The van der Waals surface area contributed by atoms with E-state index in [1.165, 1.54) is 10.1 Å². The summed E-state index contributed by atoms with van der Waals surface area (Å²) in [5.41, 5.74) is 2.38. The normalized spacial score (nSPS) is 17.7. The third kappa shape index (κ3) is 1.76. The molecule has 0 aromatic carbocycles. The average Bonchev–Trinajstić information content (AvgIpc) is 2.66. The maximum Gasteiger partial charge on any atom is 0.420 e. The van der Waals surface area contributed by atoms with Crippen LogP contribution in [0.5, 0.6) is 0 Å². The Hall–Kier alpha value is -1.62. The summed E-state index contributed by atoms with van der Waals surface area (Å²) in [4.78, 5) is 15.7. The lowest BCUT2D eigenvalue weighted by atomic mass is 9.91. The van der Waals surface area contributed by atoms with Crippen molar-refractivity contribution in [1.29, 1.82) is 0 Å². The zero-order valence-electron chi connectivity index (χ0n) is 9.77. The minimum Gasteiger partial charge on any atom is -0.406 e. The number of hydrogen-bond donors (Lipinski definition) is 1. The highest BCUT2D eigenvalue weighted by Crippen LogP contribution is 2.26. The fraction of sp³-hybridized carbons (Fsp3) is 0.500. The molecule has 2 aromatic heterocycles. The van der Waals surface area contributed by atoms with Gasteiger partial charge in [-0.2, -0.15) is 0 Å². The highest BCUT2D eigenvalue weighted by molar-refractivity contribution is 5.68. The van der Waals surface area contributed by atoms with E-state index in [0.29, 0.717) is 17.1 Å². The van der Waals surface area contributed by atoms with Crippen LogP contribution in [0.1, 0.15) is 24.3 Å². The van der Waals surface area contributed by atoms with Crippen LogP contribution in [0, 0.1) is 0 Å². The Morgan fingerprint density at radius 1 is 1.47 bits per heavy atom. The molecular weight excluding hydrogens is 218 g/mol. The molecule has 90 valence electrons. The molecule has 0 saturated carbocycles.